The van der Waals surface area contributed by atoms with Gasteiger partial charge in [-0.2, -0.15) is 4.68 Å². The number of para-hydroxylation sites is 1. The predicted octanol–water partition coefficient (Wildman–Crippen LogP) is 3.21. The first kappa shape index (κ1) is 19.3. The summed E-state index contributed by atoms with van der Waals surface area (Å²) in [5.74, 6) is 1.05. The Kier molecular flexibility index (Phi) is 6.56. The van der Waals surface area contributed by atoms with Crippen LogP contribution in [0.15, 0.2) is 48.5 Å². The van der Waals surface area contributed by atoms with Gasteiger partial charge in [-0.25, -0.2) is 4.79 Å². The van der Waals surface area contributed by atoms with E-state index in [1.807, 2.05) is 44.2 Å². The SMILES string of the molecule is CCCOc1ccc(C(=O)OCc2nnnn2-c2ccccc2)cc1OCC. The van der Waals surface area contributed by atoms with Crippen LogP contribution in [-0.2, 0) is 11.3 Å². The average Bonchev–Trinajstić information content (AvgIpc) is 3.20. The highest BCUT2D eigenvalue weighted by atomic mass is 16.5. The number of benzene rings is 2. The first-order chi connectivity index (χ1) is 13.7. The first-order valence-electron chi connectivity index (χ1n) is 9.12. The smallest absolute Gasteiger partial charge is 0.338 e. The third kappa shape index (κ3) is 4.64. The van der Waals surface area contributed by atoms with E-state index in [0.717, 1.165) is 12.1 Å². The number of carbonyl (C=O) groups is 1. The van der Waals surface area contributed by atoms with Gasteiger partial charge in [-0.1, -0.05) is 25.1 Å². The Hall–Kier alpha value is -3.42. The first-order valence-corrected chi connectivity index (χ1v) is 9.12. The van der Waals surface area contributed by atoms with Crippen LogP contribution < -0.4 is 9.47 Å². The number of hydrogen-bond acceptors (Lipinski definition) is 7. The van der Waals surface area contributed by atoms with Crippen LogP contribution in [0.5, 0.6) is 11.5 Å². The molecule has 0 amide bonds. The van der Waals surface area contributed by atoms with Gasteiger partial charge >= 0.3 is 5.97 Å². The number of aromatic nitrogens is 4. The second-order valence-electron chi connectivity index (χ2n) is 5.86. The van der Waals surface area contributed by atoms with Gasteiger partial charge in [0.1, 0.15) is 0 Å². The van der Waals surface area contributed by atoms with Gasteiger partial charge in [0.15, 0.2) is 23.9 Å². The van der Waals surface area contributed by atoms with Crippen molar-refractivity contribution in [3.8, 4) is 17.2 Å². The quantitative estimate of drug-likeness (QED) is 0.525. The highest BCUT2D eigenvalue weighted by Crippen LogP contribution is 2.29. The Bertz CT molecular complexity index is 912. The van der Waals surface area contributed by atoms with Gasteiger partial charge in [-0.15, -0.1) is 5.10 Å². The Morgan fingerprint density at radius 3 is 2.61 bits per heavy atom. The van der Waals surface area contributed by atoms with E-state index in [-0.39, 0.29) is 6.61 Å². The van der Waals surface area contributed by atoms with Gasteiger partial charge in [-0.3, -0.25) is 0 Å². The molecule has 1 heterocycles. The van der Waals surface area contributed by atoms with E-state index in [0.29, 0.717) is 36.1 Å². The Morgan fingerprint density at radius 2 is 1.86 bits per heavy atom. The zero-order valence-electron chi connectivity index (χ0n) is 15.9. The van der Waals surface area contributed by atoms with Gasteiger partial charge in [0.25, 0.3) is 0 Å². The fourth-order valence-electron chi connectivity index (χ4n) is 2.51. The molecule has 0 saturated carbocycles. The van der Waals surface area contributed by atoms with Crippen molar-refractivity contribution in [1.82, 2.24) is 20.2 Å². The Balaban J connectivity index is 1.70. The third-order valence-electron chi connectivity index (χ3n) is 3.81. The lowest BCUT2D eigenvalue weighted by molar-refractivity contribution is 0.0459. The summed E-state index contributed by atoms with van der Waals surface area (Å²) in [6.07, 6.45) is 0.880. The third-order valence-corrected chi connectivity index (χ3v) is 3.81. The topological polar surface area (TPSA) is 88.4 Å². The maximum absolute atomic E-state index is 12.5. The van der Waals surface area contributed by atoms with Gasteiger partial charge in [0.05, 0.1) is 24.5 Å². The highest BCUT2D eigenvalue weighted by molar-refractivity contribution is 5.90. The number of rotatable bonds is 9. The van der Waals surface area contributed by atoms with Crippen molar-refractivity contribution in [1.29, 1.82) is 0 Å². The van der Waals surface area contributed by atoms with E-state index in [2.05, 4.69) is 15.5 Å². The molecule has 8 nitrogen and oxygen atoms in total. The minimum absolute atomic E-state index is 0.0568. The van der Waals surface area contributed by atoms with Crippen molar-refractivity contribution < 1.29 is 19.0 Å². The molecule has 28 heavy (non-hydrogen) atoms. The summed E-state index contributed by atoms with van der Waals surface area (Å²) in [7, 11) is 0. The molecule has 0 unspecified atom stereocenters. The summed E-state index contributed by atoms with van der Waals surface area (Å²) in [5, 5.41) is 11.5. The molecule has 3 rings (SSSR count). The number of esters is 1. The highest BCUT2D eigenvalue weighted by Gasteiger charge is 2.15. The molecule has 2 aromatic carbocycles. The Labute approximate surface area is 163 Å². The summed E-state index contributed by atoms with van der Waals surface area (Å²) in [4.78, 5) is 12.5. The number of carbonyl (C=O) groups excluding carboxylic acids is 1. The van der Waals surface area contributed by atoms with Gasteiger partial charge in [0.2, 0.25) is 0 Å². The zero-order valence-corrected chi connectivity index (χ0v) is 15.9. The minimum Gasteiger partial charge on any atom is -0.490 e. The van der Waals surface area contributed by atoms with Crippen LogP contribution in [-0.4, -0.2) is 39.4 Å². The molecule has 0 aliphatic carbocycles. The largest absolute Gasteiger partial charge is 0.490 e. The summed E-state index contributed by atoms with van der Waals surface area (Å²) < 4.78 is 18.2. The van der Waals surface area contributed by atoms with Crippen LogP contribution in [0.1, 0.15) is 36.5 Å². The second kappa shape index (κ2) is 9.50. The van der Waals surface area contributed by atoms with Crippen molar-refractivity contribution >= 4 is 5.97 Å². The van der Waals surface area contributed by atoms with Crippen LogP contribution in [0.25, 0.3) is 5.69 Å². The van der Waals surface area contributed by atoms with Crippen molar-refractivity contribution in [2.45, 2.75) is 26.9 Å². The lowest BCUT2D eigenvalue weighted by atomic mass is 10.2. The van der Waals surface area contributed by atoms with Gasteiger partial charge < -0.3 is 14.2 Å². The van der Waals surface area contributed by atoms with Crippen molar-refractivity contribution in [2.24, 2.45) is 0 Å². The molecular formula is C20H22N4O4. The van der Waals surface area contributed by atoms with Gasteiger partial charge in [0, 0.05) is 0 Å². The number of nitrogens with zero attached hydrogens (tertiary/aromatic N) is 4. The summed E-state index contributed by atoms with van der Waals surface area (Å²) in [6.45, 7) is 4.88. The van der Waals surface area contributed by atoms with Crippen LogP contribution in [0.4, 0.5) is 0 Å². The molecule has 146 valence electrons. The lowest BCUT2D eigenvalue weighted by Gasteiger charge is -2.12. The Morgan fingerprint density at radius 1 is 1.04 bits per heavy atom. The molecular weight excluding hydrogens is 360 g/mol. The van der Waals surface area contributed by atoms with E-state index < -0.39 is 5.97 Å². The predicted molar refractivity (Wildman–Crippen MR) is 102 cm³/mol. The summed E-state index contributed by atoms with van der Waals surface area (Å²) in [6, 6.07) is 14.4. The molecule has 8 heteroatoms. The number of ether oxygens (including phenoxy) is 3. The monoisotopic (exact) mass is 382 g/mol. The van der Waals surface area contributed by atoms with Crippen molar-refractivity contribution in [2.75, 3.05) is 13.2 Å². The summed E-state index contributed by atoms with van der Waals surface area (Å²) in [5.41, 5.74) is 1.15. The molecule has 3 aromatic rings. The van der Waals surface area contributed by atoms with Crippen LogP contribution >= 0.6 is 0 Å². The van der Waals surface area contributed by atoms with Crippen LogP contribution in [0.3, 0.4) is 0 Å². The second-order valence-corrected chi connectivity index (χ2v) is 5.86. The number of hydrogen-bond donors (Lipinski definition) is 0. The zero-order chi connectivity index (χ0) is 19.8. The van der Waals surface area contributed by atoms with E-state index in [1.54, 1.807) is 18.2 Å². The maximum Gasteiger partial charge on any atom is 0.338 e. The lowest BCUT2D eigenvalue weighted by Crippen LogP contribution is -2.10. The fourth-order valence-corrected chi connectivity index (χ4v) is 2.51. The molecule has 0 aliphatic heterocycles. The number of tetrazole rings is 1. The van der Waals surface area contributed by atoms with E-state index in [9.17, 15) is 4.79 Å². The normalized spacial score (nSPS) is 10.5. The molecule has 0 aliphatic rings. The molecule has 0 fully saturated rings. The fraction of sp³-hybridized carbons (Fsp3) is 0.300. The average molecular weight is 382 g/mol. The standard InChI is InChI=1S/C20H22N4O4/c1-3-12-27-17-11-10-15(13-18(17)26-4-2)20(25)28-14-19-21-22-23-24(19)16-8-6-5-7-9-16/h5-11,13H,3-4,12,14H2,1-2H3. The van der Waals surface area contributed by atoms with Crippen LogP contribution in [0.2, 0.25) is 0 Å². The van der Waals surface area contributed by atoms with Crippen molar-refractivity contribution in [3.63, 3.8) is 0 Å². The molecule has 0 saturated heterocycles. The van der Waals surface area contributed by atoms with Crippen molar-refractivity contribution in [3.05, 3.63) is 59.9 Å². The van der Waals surface area contributed by atoms with Crippen LogP contribution in [0, 0.1) is 0 Å². The van der Waals surface area contributed by atoms with E-state index >= 15 is 0 Å². The molecule has 0 radical (unpaired) electrons. The van der Waals surface area contributed by atoms with E-state index in [1.165, 1.54) is 4.68 Å². The summed E-state index contributed by atoms with van der Waals surface area (Å²) >= 11 is 0. The molecule has 0 atom stereocenters. The van der Waals surface area contributed by atoms with E-state index in [4.69, 9.17) is 14.2 Å². The minimum atomic E-state index is -0.495. The molecule has 0 spiro atoms. The molecule has 1 aromatic heterocycles. The molecule has 0 N–H and O–H groups in total. The van der Waals surface area contributed by atoms with Gasteiger partial charge in [-0.05, 0) is 54.1 Å². The maximum atomic E-state index is 12.5. The molecule has 0 bridgehead atoms.